The second kappa shape index (κ2) is 5.81. The second-order valence-corrected chi connectivity index (χ2v) is 4.86. The molecular weight excluding hydrogens is 242 g/mol. The topological polar surface area (TPSA) is 71.5 Å². The molecule has 102 valence electrons. The molecule has 5 heteroatoms. The second-order valence-electron chi connectivity index (χ2n) is 4.86. The van der Waals surface area contributed by atoms with Crippen molar-refractivity contribution in [3.63, 3.8) is 0 Å². The first-order chi connectivity index (χ1) is 9.08. The zero-order valence-corrected chi connectivity index (χ0v) is 11.3. The monoisotopic (exact) mass is 261 g/mol. The minimum absolute atomic E-state index is 0.103. The molecule has 1 aliphatic heterocycles. The summed E-state index contributed by atoms with van der Waals surface area (Å²) in [5, 5.41) is 8.93. The van der Waals surface area contributed by atoms with E-state index in [1.807, 2.05) is 32.0 Å². The van der Waals surface area contributed by atoms with E-state index in [0.29, 0.717) is 18.8 Å². The summed E-state index contributed by atoms with van der Waals surface area (Å²) in [5.74, 6) is 0.755. The number of nitriles is 1. The Morgan fingerprint density at radius 1 is 1.47 bits per heavy atom. The van der Waals surface area contributed by atoms with Gasteiger partial charge in [-0.15, -0.1) is 0 Å². The van der Waals surface area contributed by atoms with Gasteiger partial charge in [-0.3, -0.25) is 0 Å². The highest BCUT2D eigenvalue weighted by molar-refractivity contribution is 5.61. The van der Waals surface area contributed by atoms with Gasteiger partial charge < -0.3 is 20.1 Å². The van der Waals surface area contributed by atoms with Crippen molar-refractivity contribution in [1.82, 2.24) is 0 Å². The van der Waals surface area contributed by atoms with Crippen LogP contribution in [0.3, 0.4) is 0 Å². The number of hydrogen-bond acceptors (Lipinski definition) is 5. The molecule has 1 heterocycles. The molecule has 0 spiro atoms. The maximum Gasteiger partial charge on any atom is 0.161 e. The number of ether oxygens (including phenoxy) is 2. The van der Waals surface area contributed by atoms with E-state index in [1.165, 1.54) is 0 Å². The average molecular weight is 261 g/mol. The van der Waals surface area contributed by atoms with Crippen LogP contribution in [0, 0.1) is 11.3 Å². The van der Waals surface area contributed by atoms with Crippen LogP contribution in [0.15, 0.2) is 18.2 Å². The van der Waals surface area contributed by atoms with Crippen LogP contribution in [-0.2, 0) is 4.74 Å². The third kappa shape index (κ3) is 3.52. The molecule has 0 amide bonds. The van der Waals surface area contributed by atoms with Gasteiger partial charge in [0.15, 0.2) is 6.10 Å². The molecule has 0 radical (unpaired) electrons. The highest BCUT2D eigenvalue weighted by Crippen LogP contribution is 2.27. The summed E-state index contributed by atoms with van der Waals surface area (Å²) in [4.78, 5) is 2.10. The van der Waals surface area contributed by atoms with Gasteiger partial charge in [0.2, 0.25) is 0 Å². The van der Waals surface area contributed by atoms with Crippen LogP contribution in [0.5, 0.6) is 5.75 Å². The van der Waals surface area contributed by atoms with Crippen LogP contribution in [-0.4, -0.2) is 31.9 Å². The van der Waals surface area contributed by atoms with E-state index >= 15 is 0 Å². The summed E-state index contributed by atoms with van der Waals surface area (Å²) in [6.45, 7) is 5.81. The van der Waals surface area contributed by atoms with Crippen LogP contribution >= 0.6 is 0 Å². The van der Waals surface area contributed by atoms with Crippen molar-refractivity contribution in [2.24, 2.45) is 0 Å². The van der Waals surface area contributed by atoms with E-state index in [2.05, 4.69) is 11.0 Å². The van der Waals surface area contributed by atoms with Crippen molar-refractivity contribution in [3.8, 4) is 11.8 Å². The Balaban J connectivity index is 2.19. The smallest absolute Gasteiger partial charge is 0.161 e. The van der Waals surface area contributed by atoms with Crippen LogP contribution in [0.1, 0.15) is 13.8 Å². The fourth-order valence-electron chi connectivity index (χ4n) is 2.09. The molecule has 1 aromatic carbocycles. The Labute approximate surface area is 113 Å². The lowest BCUT2D eigenvalue weighted by atomic mass is 10.2. The maximum absolute atomic E-state index is 8.93. The van der Waals surface area contributed by atoms with Crippen LogP contribution in [0.2, 0.25) is 0 Å². The van der Waals surface area contributed by atoms with Crippen molar-refractivity contribution in [1.29, 1.82) is 5.26 Å². The zero-order chi connectivity index (χ0) is 13.8. The fraction of sp³-hybridized carbons (Fsp3) is 0.500. The normalized spacial score (nSPS) is 19.3. The van der Waals surface area contributed by atoms with Crippen molar-refractivity contribution in [2.75, 3.05) is 30.3 Å². The van der Waals surface area contributed by atoms with Gasteiger partial charge in [0.05, 0.1) is 25.3 Å². The van der Waals surface area contributed by atoms with Gasteiger partial charge >= 0.3 is 0 Å². The molecule has 0 saturated carbocycles. The lowest BCUT2D eigenvalue weighted by molar-refractivity contribution is 0.0764. The number of anilines is 2. The standard InChI is InChI=1S/C14H19N3O2/c1-10(2)19-13-6-11(16)5-12(7-13)17-3-4-18-14(8-15)9-17/h5-7,10,14H,3-4,9,16H2,1-2H3. The molecule has 1 atom stereocenters. The highest BCUT2D eigenvalue weighted by atomic mass is 16.5. The van der Waals surface area contributed by atoms with Gasteiger partial charge in [-0.05, 0) is 19.9 Å². The summed E-state index contributed by atoms with van der Waals surface area (Å²) >= 11 is 0. The van der Waals surface area contributed by atoms with Crippen LogP contribution < -0.4 is 15.4 Å². The van der Waals surface area contributed by atoms with Crippen molar-refractivity contribution in [2.45, 2.75) is 26.1 Å². The predicted molar refractivity (Wildman–Crippen MR) is 74.2 cm³/mol. The van der Waals surface area contributed by atoms with Crippen molar-refractivity contribution < 1.29 is 9.47 Å². The number of nitrogen functional groups attached to an aromatic ring is 1. The summed E-state index contributed by atoms with van der Waals surface area (Å²) < 4.78 is 11.0. The summed E-state index contributed by atoms with van der Waals surface area (Å²) in [7, 11) is 0. The van der Waals surface area contributed by atoms with Crippen molar-refractivity contribution >= 4 is 11.4 Å². The van der Waals surface area contributed by atoms with Gasteiger partial charge in [0.1, 0.15) is 5.75 Å². The Bertz CT molecular complexity index is 482. The first-order valence-electron chi connectivity index (χ1n) is 6.42. The number of rotatable bonds is 3. The van der Waals surface area contributed by atoms with E-state index in [-0.39, 0.29) is 12.2 Å². The molecule has 2 N–H and O–H groups in total. The number of hydrogen-bond donors (Lipinski definition) is 1. The first-order valence-corrected chi connectivity index (χ1v) is 6.42. The molecule has 1 saturated heterocycles. The predicted octanol–water partition coefficient (Wildman–Crippen LogP) is 1.78. The number of benzene rings is 1. The Kier molecular flexibility index (Phi) is 4.13. The highest BCUT2D eigenvalue weighted by Gasteiger charge is 2.20. The van der Waals surface area contributed by atoms with Crippen LogP contribution in [0.4, 0.5) is 11.4 Å². The lowest BCUT2D eigenvalue weighted by Gasteiger charge is -2.32. The summed E-state index contributed by atoms with van der Waals surface area (Å²) in [6.07, 6.45) is -0.282. The lowest BCUT2D eigenvalue weighted by Crippen LogP contribution is -2.41. The molecule has 2 rings (SSSR count). The fourth-order valence-corrected chi connectivity index (χ4v) is 2.09. The Hall–Kier alpha value is -1.93. The zero-order valence-electron chi connectivity index (χ0n) is 11.3. The summed E-state index contributed by atoms with van der Waals surface area (Å²) in [6, 6.07) is 7.80. The van der Waals surface area contributed by atoms with Gasteiger partial charge in [0.25, 0.3) is 0 Å². The molecule has 0 bridgehead atoms. The molecule has 1 aromatic rings. The Morgan fingerprint density at radius 3 is 2.95 bits per heavy atom. The molecule has 1 aliphatic rings. The summed E-state index contributed by atoms with van der Waals surface area (Å²) in [5.41, 5.74) is 7.54. The van der Waals surface area contributed by atoms with Gasteiger partial charge in [-0.1, -0.05) is 0 Å². The molecular formula is C14H19N3O2. The largest absolute Gasteiger partial charge is 0.491 e. The molecule has 1 unspecified atom stereocenters. The minimum Gasteiger partial charge on any atom is -0.491 e. The number of morpholine rings is 1. The molecule has 5 nitrogen and oxygen atoms in total. The third-order valence-electron chi connectivity index (χ3n) is 2.86. The molecule has 1 fully saturated rings. The van der Waals surface area contributed by atoms with Gasteiger partial charge in [0, 0.05) is 30.1 Å². The van der Waals surface area contributed by atoms with E-state index in [1.54, 1.807) is 0 Å². The first kappa shape index (κ1) is 13.5. The van der Waals surface area contributed by atoms with E-state index in [0.717, 1.165) is 18.0 Å². The average Bonchev–Trinajstić information content (AvgIpc) is 2.37. The molecule has 0 aliphatic carbocycles. The number of nitrogens with zero attached hydrogens (tertiary/aromatic N) is 2. The molecule has 0 aromatic heterocycles. The van der Waals surface area contributed by atoms with Crippen molar-refractivity contribution in [3.05, 3.63) is 18.2 Å². The quantitative estimate of drug-likeness (QED) is 0.840. The van der Waals surface area contributed by atoms with Crippen LogP contribution in [0.25, 0.3) is 0 Å². The molecule has 19 heavy (non-hydrogen) atoms. The van der Waals surface area contributed by atoms with Gasteiger partial charge in [-0.25, -0.2) is 0 Å². The SMILES string of the molecule is CC(C)Oc1cc(N)cc(N2CCOC(C#N)C2)c1. The number of nitrogens with two attached hydrogens (primary N) is 1. The van der Waals surface area contributed by atoms with Gasteiger partial charge in [-0.2, -0.15) is 5.26 Å². The van der Waals surface area contributed by atoms with E-state index in [9.17, 15) is 0 Å². The van der Waals surface area contributed by atoms with E-state index in [4.69, 9.17) is 20.5 Å². The maximum atomic E-state index is 8.93. The third-order valence-corrected chi connectivity index (χ3v) is 2.86. The van der Waals surface area contributed by atoms with E-state index < -0.39 is 0 Å². The minimum atomic E-state index is -0.385. The Morgan fingerprint density at radius 2 is 2.26 bits per heavy atom.